The first kappa shape index (κ1) is 29.2. The number of carbonyl (C=O) groups is 3. The summed E-state index contributed by atoms with van der Waals surface area (Å²) in [5, 5.41) is 18.4. The van der Waals surface area contributed by atoms with Crippen LogP contribution in [-0.4, -0.2) is 60.9 Å². The van der Waals surface area contributed by atoms with Crippen molar-refractivity contribution in [1.29, 1.82) is 0 Å². The minimum Gasteiger partial charge on any atom is -0.468 e. The number of ether oxygens (including phenoxy) is 1. The number of nitro groups is 1. The summed E-state index contributed by atoms with van der Waals surface area (Å²) >= 11 is 0. The van der Waals surface area contributed by atoms with Gasteiger partial charge < -0.3 is 15.4 Å². The molecule has 0 aromatic heterocycles. The van der Waals surface area contributed by atoms with Crippen molar-refractivity contribution >= 4 is 34.2 Å². The Morgan fingerprint density at radius 1 is 0.923 bits per heavy atom. The highest BCUT2D eigenvalue weighted by Gasteiger charge is 2.14. The molecule has 10 nitrogen and oxygen atoms in total. The van der Waals surface area contributed by atoms with Crippen LogP contribution in [0.2, 0.25) is 0 Å². The first-order chi connectivity index (χ1) is 18.9. The van der Waals surface area contributed by atoms with Gasteiger partial charge in [-0.15, -0.1) is 0 Å². The van der Waals surface area contributed by atoms with E-state index in [1.807, 2.05) is 47.4 Å². The van der Waals surface area contributed by atoms with Gasteiger partial charge in [0.25, 0.3) is 5.69 Å². The molecule has 3 aromatic carbocycles. The van der Waals surface area contributed by atoms with Crippen LogP contribution >= 0.6 is 0 Å². The molecule has 0 aliphatic rings. The van der Waals surface area contributed by atoms with Gasteiger partial charge >= 0.3 is 5.97 Å². The lowest BCUT2D eigenvalue weighted by molar-refractivity contribution is -0.384. The van der Waals surface area contributed by atoms with Crippen molar-refractivity contribution in [3.63, 3.8) is 0 Å². The van der Waals surface area contributed by atoms with E-state index < -0.39 is 10.9 Å². The molecule has 3 aromatic rings. The molecule has 2 amide bonds. The average molecular weight is 535 g/mol. The number of aryl methyl sites for hydroxylation is 1. The van der Waals surface area contributed by atoms with Gasteiger partial charge in [-0.1, -0.05) is 54.6 Å². The third kappa shape index (κ3) is 9.82. The number of benzene rings is 3. The average Bonchev–Trinajstić information content (AvgIpc) is 2.94. The predicted octanol–water partition coefficient (Wildman–Crippen LogP) is 3.37. The Bertz CT molecular complexity index is 1270. The first-order valence-electron chi connectivity index (χ1n) is 12.9. The second kappa shape index (κ2) is 15.2. The molecule has 10 heteroatoms. The Hall–Kier alpha value is -4.31. The maximum Gasteiger partial charge on any atom is 0.325 e. The first-order valence-corrected chi connectivity index (χ1v) is 12.9. The van der Waals surface area contributed by atoms with Crippen LogP contribution in [0.15, 0.2) is 66.7 Å². The zero-order valence-corrected chi connectivity index (χ0v) is 22.1. The second-order valence-electron chi connectivity index (χ2n) is 9.18. The summed E-state index contributed by atoms with van der Waals surface area (Å²) < 4.78 is 4.58. The van der Waals surface area contributed by atoms with Crippen LogP contribution in [0.3, 0.4) is 0 Å². The second-order valence-corrected chi connectivity index (χ2v) is 9.18. The zero-order chi connectivity index (χ0) is 28.0. The van der Waals surface area contributed by atoms with Gasteiger partial charge in [0.05, 0.1) is 18.6 Å². The van der Waals surface area contributed by atoms with Crippen molar-refractivity contribution in [3.8, 4) is 0 Å². The number of unbranched alkanes of at least 4 members (excludes halogenated alkanes) is 1. The van der Waals surface area contributed by atoms with E-state index in [2.05, 4.69) is 15.4 Å². The molecule has 0 spiro atoms. The molecule has 3 rings (SSSR count). The van der Waals surface area contributed by atoms with Gasteiger partial charge in [0.15, 0.2) is 0 Å². The maximum absolute atomic E-state index is 12.5. The molecule has 39 heavy (non-hydrogen) atoms. The van der Waals surface area contributed by atoms with E-state index >= 15 is 0 Å². The van der Waals surface area contributed by atoms with Gasteiger partial charge in [0.2, 0.25) is 11.8 Å². The number of hydrogen-bond donors (Lipinski definition) is 2. The molecule has 0 radical (unpaired) electrons. The van der Waals surface area contributed by atoms with Crippen LogP contribution < -0.4 is 10.6 Å². The number of rotatable bonds is 15. The van der Waals surface area contributed by atoms with Gasteiger partial charge in [-0.3, -0.25) is 29.4 Å². The molecular weight excluding hydrogens is 500 g/mol. The summed E-state index contributed by atoms with van der Waals surface area (Å²) in [6, 6.07) is 20.5. The van der Waals surface area contributed by atoms with Crippen molar-refractivity contribution in [3.05, 3.63) is 88.0 Å². The lowest BCUT2D eigenvalue weighted by Gasteiger charge is -2.23. The lowest BCUT2D eigenvalue weighted by Crippen LogP contribution is -2.42. The maximum atomic E-state index is 12.5. The summed E-state index contributed by atoms with van der Waals surface area (Å²) in [4.78, 5) is 48.5. The van der Waals surface area contributed by atoms with Crippen molar-refractivity contribution in [1.82, 2.24) is 15.5 Å². The Morgan fingerprint density at radius 2 is 1.67 bits per heavy atom. The van der Waals surface area contributed by atoms with Gasteiger partial charge in [-0.05, 0) is 41.2 Å². The molecule has 2 N–H and O–H groups in total. The lowest BCUT2D eigenvalue weighted by atomic mass is 10.0. The molecular formula is C29H34N4O6. The number of nitro benzene ring substituents is 1. The van der Waals surface area contributed by atoms with E-state index in [1.165, 1.54) is 19.2 Å². The number of amides is 2. The smallest absolute Gasteiger partial charge is 0.325 e. The van der Waals surface area contributed by atoms with Crippen molar-refractivity contribution in [2.75, 3.05) is 33.3 Å². The SMILES string of the molecule is COC(=O)CNC(=O)CN(CCNC(=O)CCCCc1ccc([N+](=O)[O-])cc1)Cc1cccc2ccccc12. The number of fused-ring (bicyclic) bond motifs is 1. The van der Waals surface area contributed by atoms with Crippen LogP contribution in [0.5, 0.6) is 0 Å². The highest BCUT2D eigenvalue weighted by Crippen LogP contribution is 2.20. The fourth-order valence-electron chi connectivity index (χ4n) is 4.23. The number of nitrogens with zero attached hydrogens (tertiary/aromatic N) is 2. The molecule has 0 atom stereocenters. The quantitative estimate of drug-likeness (QED) is 0.132. The van der Waals surface area contributed by atoms with Crippen molar-refractivity contribution in [2.24, 2.45) is 0 Å². The Kier molecular flexibility index (Phi) is 11.4. The monoisotopic (exact) mass is 534 g/mol. The van der Waals surface area contributed by atoms with Gasteiger partial charge in [-0.25, -0.2) is 0 Å². The van der Waals surface area contributed by atoms with Crippen LogP contribution in [0.4, 0.5) is 5.69 Å². The van der Waals surface area contributed by atoms with Gasteiger partial charge in [0.1, 0.15) is 6.54 Å². The highest BCUT2D eigenvalue weighted by molar-refractivity contribution is 5.86. The highest BCUT2D eigenvalue weighted by atomic mass is 16.6. The Morgan fingerprint density at radius 3 is 2.41 bits per heavy atom. The molecule has 0 aliphatic carbocycles. The molecule has 0 saturated carbocycles. The number of hydrogen-bond acceptors (Lipinski definition) is 7. The number of nitrogens with one attached hydrogen (secondary N) is 2. The van der Waals surface area contributed by atoms with E-state index in [0.717, 1.165) is 34.7 Å². The standard InChI is InChI=1S/C29H34N4O6/c1-39-29(36)19-31-28(35)21-32(20-24-10-6-9-23-8-3-4-11-26(23)24)18-17-30-27(34)12-5-2-7-22-13-15-25(16-14-22)33(37)38/h3-4,6,8-11,13-16H,2,5,7,12,17-21H2,1H3,(H,30,34)(H,31,35). The molecule has 0 unspecified atom stereocenters. The molecule has 0 fully saturated rings. The molecule has 206 valence electrons. The summed E-state index contributed by atoms with van der Waals surface area (Å²) in [6.07, 6.45) is 2.60. The molecule has 0 heterocycles. The summed E-state index contributed by atoms with van der Waals surface area (Å²) in [7, 11) is 1.26. The third-order valence-corrected chi connectivity index (χ3v) is 6.32. The fourth-order valence-corrected chi connectivity index (χ4v) is 4.23. The molecule has 0 aliphatic heterocycles. The van der Waals surface area contributed by atoms with E-state index in [-0.39, 0.29) is 30.6 Å². The Balaban J connectivity index is 1.48. The van der Waals surface area contributed by atoms with Crippen molar-refractivity contribution < 1.29 is 24.0 Å². The van der Waals surface area contributed by atoms with E-state index in [0.29, 0.717) is 32.5 Å². The number of methoxy groups -OCH3 is 1. The predicted molar refractivity (Wildman–Crippen MR) is 148 cm³/mol. The van der Waals surface area contributed by atoms with Crippen LogP contribution in [0.1, 0.15) is 30.4 Å². The molecule has 0 saturated heterocycles. The molecule has 0 bridgehead atoms. The summed E-state index contributed by atoms with van der Waals surface area (Å²) in [6.45, 7) is 1.18. The topological polar surface area (TPSA) is 131 Å². The zero-order valence-electron chi connectivity index (χ0n) is 22.1. The van der Waals surface area contributed by atoms with E-state index in [9.17, 15) is 24.5 Å². The normalized spacial score (nSPS) is 10.8. The number of non-ortho nitro benzene ring substituents is 1. The fraction of sp³-hybridized carbons (Fsp3) is 0.345. The van der Waals surface area contributed by atoms with Crippen LogP contribution in [-0.2, 0) is 32.1 Å². The van der Waals surface area contributed by atoms with Crippen LogP contribution in [0, 0.1) is 10.1 Å². The van der Waals surface area contributed by atoms with E-state index in [4.69, 9.17) is 0 Å². The summed E-state index contributed by atoms with van der Waals surface area (Å²) in [5.74, 6) is -0.901. The van der Waals surface area contributed by atoms with Gasteiger partial charge in [-0.2, -0.15) is 0 Å². The van der Waals surface area contributed by atoms with E-state index in [1.54, 1.807) is 12.1 Å². The largest absolute Gasteiger partial charge is 0.468 e. The summed E-state index contributed by atoms with van der Waals surface area (Å²) in [5.41, 5.74) is 2.12. The van der Waals surface area contributed by atoms with Crippen molar-refractivity contribution in [2.45, 2.75) is 32.2 Å². The Labute approximate surface area is 227 Å². The minimum atomic E-state index is -0.523. The van der Waals surface area contributed by atoms with Gasteiger partial charge in [0, 0.05) is 38.2 Å². The number of carbonyl (C=O) groups excluding carboxylic acids is 3. The number of esters is 1. The third-order valence-electron chi connectivity index (χ3n) is 6.32. The van der Waals surface area contributed by atoms with Crippen LogP contribution in [0.25, 0.3) is 10.8 Å². The minimum absolute atomic E-state index is 0.0608.